The van der Waals surface area contributed by atoms with E-state index in [1.165, 1.54) is 12.1 Å². The lowest BCUT2D eigenvalue weighted by Crippen LogP contribution is -2.12. The largest absolute Gasteiger partial charge is 0.478 e. The van der Waals surface area contributed by atoms with Gasteiger partial charge in [-0.1, -0.05) is 28.1 Å². The Hall–Kier alpha value is -4.50. The number of amides is 1. The van der Waals surface area contributed by atoms with Crippen molar-refractivity contribution in [3.8, 4) is 11.3 Å². The predicted molar refractivity (Wildman–Crippen MR) is 142 cm³/mol. The number of hydrogen-bond donors (Lipinski definition) is 3. The predicted octanol–water partition coefficient (Wildman–Crippen LogP) is 6.16. The van der Waals surface area contributed by atoms with Crippen LogP contribution in [0.2, 0.25) is 0 Å². The topological polar surface area (TPSA) is 109 Å². The molecule has 0 saturated heterocycles. The van der Waals surface area contributed by atoms with E-state index >= 15 is 0 Å². The lowest BCUT2D eigenvalue weighted by molar-refractivity contribution is 0.0696. The Balaban J connectivity index is 1.44. The highest BCUT2D eigenvalue weighted by atomic mass is 79.9. The number of anilines is 3. The van der Waals surface area contributed by atoms with E-state index in [0.717, 1.165) is 15.6 Å². The standard InChI is InChI=1S/C27H20BrN5O3/c1-16-13-19(7-10-22(16)28)26(34)31-21-4-2-3-18(14-21)23-15-33-12-11-29-25(33)24(32-23)30-20-8-5-17(6-9-20)27(35)36/h2-15H,1H3,(H,30,32)(H,31,34)(H,35,36). The smallest absolute Gasteiger partial charge is 0.335 e. The van der Waals surface area contributed by atoms with Gasteiger partial charge >= 0.3 is 5.97 Å². The van der Waals surface area contributed by atoms with E-state index in [9.17, 15) is 9.59 Å². The zero-order valence-corrected chi connectivity index (χ0v) is 20.7. The lowest BCUT2D eigenvalue weighted by atomic mass is 10.1. The van der Waals surface area contributed by atoms with Crippen LogP contribution in [0, 0.1) is 6.92 Å². The summed E-state index contributed by atoms with van der Waals surface area (Å²) in [6, 6.07) is 19.3. The van der Waals surface area contributed by atoms with Gasteiger partial charge < -0.3 is 20.1 Å². The summed E-state index contributed by atoms with van der Waals surface area (Å²) in [5.74, 6) is -0.673. The van der Waals surface area contributed by atoms with E-state index in [2.05, 4.69) is 31.5 Å². The Labute approximate surface area is 214 Å². The second kappa shape index (κ2) is 9.63. The summed E-state index contributed by atoms with van der Waals surface area (Å²) in [6.45, 7) is 1.94. The summed E-state index contributed by atoms with van der Waals surface area (Å²) in [5.41, 5.74) is 5.16. The van der Waals surface area contributed by atoms with Gasteiger partial charge in [-0.2, -0.15) is 0 Å². The second-order valence-electron chi connectivity index (χ2n) is 8.14. The molecule has 5 rings (SSSR count). The number of nitrogens with one attached hydrogen (secondary N) is 2. The summed E-state index contributed by atoms with van der Waals surface area (Å²) < 4.78 is 2.80. The van der Waals surface area contributed by atoms with Gasteiger partial charge in [-0.15, -0.1) is 0 Å². The van der Waals surface area contributed by atoms with E-state index in [4.69, 9.17) is 10.1 Å². The summed E-state index contributed by atoms with van der Waals surface area (Å²) >= 11 is 3.46. The van der Waals surface area contributed by atoms with E-state index in [0.29, 0.717) is 34.1 Å². The monoisotopic (exact) mass is 541 g/mol. The molecule has 0 atom stereocenters. The van der Waals surface area contributed by atoms with E-state index in [1.54, 1.807) is 24.4 Å². The molecule has 0 aliphatic rings. The average Bonchev–Trinajstić information content (AvgIpc) is 3.35. The maximum Gasteiger partial charge on any atom is 0.335 e. The van der Waals surface area contributed by atoms with Crippen LogP contribution in [0.4, 0.5) is 17.2 Å². The summed E-state index contributed by atoms with van der Waals surface area (Å²) in [7, 11) is 0. The van der Waals surface area contributed by atoms with Gasteiger partial charge in [-0.05, 0) is 67.1 Å². The molecule has 2 aromatic heterocycles. The van der Waals surface area contributed by atoms with Crippen molar-refractivity contribution in [3.63, 3.8) is 0 Å². The molecular formula is C27H20BrN5O3. The number of benzene rings is 3. The minimum absolute atomic E-state index is 0.199. The third-order valence-corrected chi connectivity index (χ3v) is 6.49. The number of carboxylic acid groups (broad SMARTS) is 1. The molecule has 0 bridgehead atoms. The number of nitrogens with zero attached hydrogens (tertiary/aromatic N) is 3. The van der Waals surface area contributed by atoms with E-state index < -0.39 is 5.97 Å². The first kappa shape index (κ1) is 23.3. The molecule has 0 aliphatic heterocycles. The quantitative estimate of drug-likeness (QED) is 0.237. The molecule has 3 N–H and O–H groups in total. The molecule has 178 valence electrons. The first-order valence-corrected chi connectivity index (χ1v) is 11.8. The van der Waals surface area contributed by atoms with Crippen molar-refractivity contribution >= 4 is 50.6 Å². The first-order chi connectivity index (χ1) is 17.4. The van der Waals surface area contributed by atoms with Crippen molar-refractivity contribution in [1.29, 1.82) is 0 Å². The van der Waals surface area contributed by atoms with Crippen LogP contribution in [-0.4, -0.2) is 31.4 Å². The average molecular weight is 542 g/mol. The zero-order valence-electron chi connectivity index (χ0n) is 19.1. The normalized spacial score (nSPS) is 10.8. The molecule has 8 nitrogen and oxygen atoms in total. The molecule has 0 saturated carbocycles. The Morgan fingerprint density at radius 2 is 1.75 bits per heavy atom. The Morgan fingerprint density at radius 3 is 2.50 bits per heavy atom. The fourth-order valence-corrected chi connectivity index (χ4v) is 3.98. The Bertz CT molecular complexity index is 1610. The van der Waals surface area contributed by atoms with Gasteiger partial charge in [0, 0.05) is 45.6 Å². The van der Waals surface area contributed by atoms with Crippen molar-refractivity contribution in [2.45, 2.75) is 6.92 Å². The van der Waals surface area contributed by atoms with Crippen molar-refractivity contribution in [3.05, 3.63) is 106 Å². The second-order valence-corrected chi connectivity index (χ2v) is 8.99. The first-order valence-electron chi connectivity index (χ1n) is 11.0. The number of carboxylic acids is 1. The Morgan fingerprint density at radius 1 is 0.972 bits per heavy atom. The van der Waals surface area contributed by atoms with Crippen molar-refractivity contribution in [1.82, 2.24) is 14.4 Å². The van der Waals surface area contributed by atoms with Crippen molar-refractivity contribution in [2.75, 3.05) is 10.6 Å². The van der Waals surface area contributed by atoms with Crippen LogP contribution < -0.4 is 10.6 Å². The number of halogens is 1. The number of hydrogen-bond acceptors (Lipinski definition) is 5. The highest BCUT2D eigenvalue weighted by molar-refractivity contribution is 9.10. The molecule has 5 aromatic rings. The number of aryl methyl sites for hydroxylation is 1. The minimum atomic E-state index is -0.987. The Kier molecular flexibility index (Phi) is 6.22. The van der Waals surface area contributed by atoms with E-state index in [1.807, 2.05) is 60.1 Å². The maximum atomic E-state index is 12.8. The van der Waals surface area contributed by atoms with Crippen LogP contribution in [0.25, 0.3) is 16.9 Å². The lowest BCUT2D eigenvalue weighted by Gasteiger charge is -2.12. The number of fused-ring (bicyclic) bond motifs is 1. The van der Waals surface area contributed by atoms with Crippen LogP contribution in [0.1, 0.15) is 26.3 Å². The summed E-state index contributed by atoms with van der Waals surface area (Å²) in [5, 5.41) is 15.3. The van der Waals surface area contributed by atoms with Crippen LogP contribution in [0.15, 0.2) is 89.8 Å². The number of aromatic nitrogens is 3. The molecule has 1 amide bonds. The molecule has 2 heterocycles. The number of rotatable bonds is 6. The molecule has 0 spiro atoms. The van der Waals surface area contributed by atoms with Crippen LogP contribution >= 0.6 is 15.9 Å². The molecular weight excluding hydrogens is 522 g/mol. The van der Waals surface area contributed by atoms with Gasteiger partial charge in [0.1, 0.15) is 0 Å². The maximum absolute atomic E-state index is 12.8. The molecule has 0 radical (unpaired) electrons. The van der Waals surface area contributed by atoms with Crippen molar-refractivity contribution in [2.24, 2.45) is 0 Å². The molecule has 0 unspecified atom stereocenters. The third kappa shape index (κ3) is 4.82. The number of carbonyl (C=O) groups excluding carboxylic acids is 1. The number of imidazole rings is 1. The van der Waals surface area contributed by atoms with Gasteiger partial charge in [0.25, 0.3) is 5.91 Å². The minimum Gasteiger partial charge on any atom is -0.478 e. The third-order valence-electron chi connectivity index (χ3n) is 5.61. The fraction of sp³-hybridized carbons (Fsp3) is 0.0370. The van der Waals surface area contributed by atoms with Gasteiger partial charge in [0.2, 0.25) is 0 Å². The molecule has 3 aromatic carbocycles. The SMILES string of the molecule is Cc1cc(C(=O)Nc2cccc(-c3cn4ccnc4c(Nc4ccc(C(=O)O)cc4)n3)c2)ccc1Br. The van der Waals surface area contributed by atoms with Gasteiger partial charge in [0.15, 0.2) is 11.5 Å². The summed E-state index contributed by atoms with van der Waals surface area (Å²) in [4.78, 5) is 33.1. The number of aromatic carboxylic acids is 1. The fourth-order valence-electron chi connectivity index (χ4n) is 3.73. The molecule has 9 heteroatoms. The number of carbonyl (C=O) groups is 2. The molecule has 36 heavy (non-hydrogen) atoms. The van der Waals surface area contributed by atoms with Crippen molar-refractivity contribution < 1.29 is 14.7 Å². The van der Waals surface area contributed by atoms with Crippen LogP contribution in [-0.2, 0) is 0 Å². The molecule has 0 fully saturated rings. The van der Waals surface area contributed by atoms with Gasteiger partial charge in [-0.3, -0.25) is 4.79 Å². The van der Waals surface area contributed by atoms with Crippen LogP contribution in [0.5, 0.6) is 0 Å². The van der Waals surface area contributed by atoms with Gasteiger partial charge in [0.05, 0.1) is 11.3 Å². The highest BCUT2D eigenvalue weighted by Crippen LogP contribution is 2.27. The highest BCUT2D eigenvalue weighted by Gasteiger charge is 2.12. The molecule has 0 aliphatic carbocycles. The van der Waals surface area contributed by atoms with Gasteiger partial charge in [-0.25, -0.2) is 14.8 Å². The summed E-state index contributed by atoms with van der Waals surface area (Å²) in [6.07, 6.45) is 5.36. The van der Waals surface area contributed by atoms with E-state index in [-0.39, 0.29) is 11.5 Å². The van der Waals surface area contributed by atoms with Crippen LogP contribution in [0.3, 0.4) is 0 Å². The zero-order chi connectivity index (χ0) is 25.2.